The van der Waals surface area contributed by atoms with E-state index in [0.717, 1.165) is 41.0 Å². The van der Waals surface area contributed by atoms with Crippen molar-refractivity contribution in [2.45, 2.75) is 13.8 Å². The van der Waals surface area contributed by atoms with E-state index in [1.54, 1.807) is 18.3 Å². The van der Waals surface area contributed by atoms with E-state index in [1.807, 2.05) is 30.3 Å². The van der Waals surface area contributed by atoms with Crippen molar-refractivity contribution in [3.05, 3.63) is 59.3 Å². The van der Waals surface area contributed by atoms with Gasteiger partial charge in [-0.3, -0.25) is 14.7 Å². The van der Waals surface area contributed by atoms with E-state index in [9.17, 15) is 4.79 Å². The molecule has 1 aromatic carbocycles. The van der Waals surface area contributed by atoms with E-state index < -0.39 is 0 Å². The third-order valence-corrected chi connectivity index (χ3v) is 4.50. The number of pyridine rings is 1. The molecule has 1 aliphatic carbocycles. The van der Waals surface area contributed by atoms with Crippen LogP contribution >= 0.6 is 11.6 Å². The van der Waals surface area contributed by atoms with Gasteiger partial charge in [0, 0.05) is 28.7 Å². The molecule has 0 amide bonds. The lowest BCUT2D eigenvalue weighted by Gasteiger charge is -2.20. The van der Waals surface area contributed by atoms with Crippen LogP contribution in [0.1, 0.15) is 13.8 Å². The zero-order chi connectivity index (χ0) is 17.8. The summed E-state index contributed by atoms with van der Waals surface area (Å²) in [5.74, 6) is 0.0530. The number of nitrogens with zero attached hydrogens (tertiary/aromatic N) is 3. The van der Waals surface area contributed by atoms with Gasteiger partial charge in [-0.1, -0.05) is 25.4 Å². The Morgan fingerprint density at radius 2 is 1.96 bits per heavy atom. The average molecular weight is 354 g/mol. The molecule has 0 unspecified atom stereocenters. The molecule has 0 saturated heterocycles. The second-order valence-electron chi connectivity index (χ2n) is 5.86. The highest BCUT2D eigenvalue weighted by atomic mass is 35.5. The maximum absolute atomic E-state index is 12.1. The second kappa shape index (κ2) is 7.72. The number of aromatic nitrogens is 1. The monoisotopic (exact) mass is 353 g/mol. The molecule has 1 heterocycles. The molecule has 0 N–H and O–H groups in total. The van der Waals surface area contributed by atoms with Gasteiger partial charge in [0.05, 0.1) is 16.9 Å². The van der Waals surface area contributed by atoms with Gasteiger partial charge in [-0.2, -0.15) is 0 Å². The van der Waals surface area contributed by atoms with Gasteiger partial charge in [0.15, 0.2) is 5.78 Å². The lowest BCUT2D eigenvalue weighted by molar-refractivity contribution is -0.111. The number of aliphatic imine (C=N–C) groups is 1. The predicted octanol–water partition coefficient (Wildman–Crippen LogP) is 4.37. The lowest BCUT2D eigenvalue weighted by Crippen LogP contribution is -2.28. The van der Waals surface area contributed by atoms with Gasteiger partial charge in [-0.15, -0.1) is 0 Å². The molecule has 5 heteroatoms. The molecular weight excluding hydrogens is 334 g/mol. The molecule has 0 bridgehead atoms. The van der Waals surface area contributed by atoms with Crippen LogP contribution in [0.5, 0.6) is 0 Å². The summed E-state index contributed by atoms with van der Waals surface area (Å²) in [6, 6.07) is 7.44. The van der Waals surface area contributed by atoms with Crippen molar-refractivity contribution in [2.75, 3.05) is 19.6 Å². The van der Waals surface area contributed by atoms with Gasteiger partial charge < -0.3 is 0 Å². The highest BCUT2D eigenvalue weighted by Crippen LogP contribution is 2.27. The fourth-order valence-corrected chi connectivity index (χ4v) is 2.96. The van der Waals surface area contributed by atoms with Gasteiger partial charge in [-0.25, -0.2) is 4.99 Å². The van der Waals surface area contributed by atoms with Crippen molar-refractivity contribution in [2.24, 2.45) is 4.99 Å². The summed E-state index contributed by atoms with van der Waals surface area (Å²) >= 11 is 6.04. The summed E-state index contributed by atoms with van der Waals surface area (Å²) in [6.45, 7) is 6.65. The molecule has 4 nitrogen and oxygen atoms in total. The van der Waals surface area contributed by atoms with E-state index in [2.05, 4.69) is 23.7 Å². The van der Waals surface area contributed by atoms with Crippen LogP contribution in [0.15, 0.2) is 59.3 Å². The molecule has 2 aromatic rings. The normalized spacial score (nSPS) is 16.1. The largest absolute Gasteiger partial charge is 0.299 e. The third-order valence-electron chi connectivity index (χ3n) is 4.26. The van der Waals surface area contributed by atoms with Crippen molar-refractivity contribution >= 4 is 39.7 Å². The molecule has 0 saturated carbocycles. The van der Waals surface area contributed by atoms with Crippen LogP contribution < -0.4 is 0 Å². The van der Waals surface area contributed by atoms with Crippen molar-refractivity contribution in [3.8, 4) is 0 Å². The summed E-state index contributed by atoms with van der Waals surface area (Å²) in [6.07, 6.45) is 6.95. The van der Waals surface area contributed by atoms with E-state index in [0.29, 0.717) is 11.6 Å². The Labute approximate surface area is 152 Å². The number of ketones is 1. The highest BCUT2D eigenvalue weighted by Gasteiger charge is 2.15. The number of carbonyl (C=O) groups is 1. The quantitative estimate of drug-likeness (QED) is 0.750. The summed E-state index contributed by atoms with van der Waals surface area (Å²) in [7, 11) is 0. The Balaban J connectivity index is 1.97. The smallest absolute Gasteiger partial charge is 0.183 e. The Morgan fingerprint density at radius 1 is 1.16 bits per heavy atom. The van der Waals surface area contributed by atoms with Crippen molar-refractivity contribution in [3.63, 3.8) is 0 Å². The fourth-order valence-electron chi connectivity index (χ4n) is 2.79. The maximum Gasteiger partial charge on any atom is 0.183 e. The van der Waals surface area contributed by atoms with E-state index in [-0.39, 0.29) is 5.78 Å². The number of likely N-dealkylation sites (N-methyl/N-ethyl adjacent to an activating group) is 1. The minimum Gasteiger partial charge on any atom is -0.299 e. The Hall–Kier alpha value is -2.30. The second-order valence-corrected chi connectivity index (χ2v) is 6.29. The minimum absolute atomic E-state index is 0.0530. The summed E-state index contributed by atoms with van der Waals surface area (Å²) in [4.78, 5) is 23.4. The van der Waals surface area contributed by atoms with E-state index in [4.69, 9.17) is 16.6 Å². The maximum atomic E-state index is 12.1. The average Bonchev–Trinajstić information content (AvgIpc) is 2.62. The Kier molecular flexibility index (Phi) is 5.41. The van der Waals surface area contributed by atoms with Crippen LogP contribution in [-0.2, 0) is 4.79 Å². The zero-order valence-electron chi connectivity index (χ0n) is 14.4. The van der Waals surface area contributed by atoms with Gasteiger partial charge in [0.25, 0.3) is 0 Å². The summed E-state index contributed by atoms with van der Waals surface area (Å²) in [5, 5.41) is 1.58. The van der Waals surface area contributed by atoms with Crippen LogP contribution in [0.2, 0.25) is 5.02 Å². The van der Waals surface area contributed by atoms with Gasteiger partial charge in [0.2, 0.25) is 0 Å². The molecule has 1 aromatic heterocycles. The third kappa shape index (κ3) is 4.03. The number of halogens is 1. The highest BCUT2D eigenvalue weighted by molar-refractivity contribution is 6.31. The van der Waals surface area contributed by atoms with Crippen molar-refractivity contribution in [1.29, 1.82) is 0 Å². The SMILES string of the molecule is CCN(CC)CC1=C/C(=N\c2ccnc3cc(Cl)ccc23)C=CC1=O. The fraction of sp³-hybridized carbons (Fsp3) is 0.250. The predicted molar refractivity (Wildman–Crippen MR) is 104 cm³/mol. The molecule has 1 aliphatic rings. The molecule has 25 heavy (non-hydrogen) atoms. The van der Waals surface area contributed by atoms with Crippen molar-refractivity contribution < 1.29 is 4.79 Å². The Bertz CT molecular complexity index is 895. The van der Waals surface area contributed by atoms with Gasteiger partial charge in [0.1, 0.15) is 0 Å². The number of carbonyl (C=O) groups excluding carboxylic acids is 1. The zero-order valence-corrected chi connectivity index (χ0v) is 15.1. The van der Waals surface area contributed by atoms with Crippen LogP contribution in [0.3, 0.4) is 0 Å². The standard InChI is InChI=1S/C20H20ClN3O/c1-3-24(4-2)13-14-11-16(6-8-20(14)25)23-18-9-10-22-19-12-15(21)5-7-17(18)19/h5-12H,3-4,13H2,1-2H3/b23-16-. The van der Waals surface area contributed by atoms with Crippen LogP contribution in [-0.4, -0.2) is 41.0 Å². The molecule has 0 atom stereocenters. The number of allylic oxidation sites excluding steroid dienone is 3. The first-order valence-electron chi connectivity index (χ1n) is 8.39. The molecule has 0 spiro atoms. The van der Waals surface area contributed by atoms with Gasteiger partial charge in [-0.05, 0) is 55.6 Å². The van der Waals surface area contributed by atoms with Crippen LogP contribution in [0.4, 0.5) is 5.69 Å². The molecule has 0 radical (unpaired) electrons. The number of hydrogen-bond acceptors (Lipinski definition) is 4. The first-order chi connectivity index (χ1) is 12.1. The lowest BCUT2D eigenvalue weighted by atomic mass is 10.0. The number of rotatable bonds is 5. The summed E-state index contributed by atoms with van der Waals surface area (Å²) in [5.41, 5.74) is 3.15. The first kappa shape index (κ1) is 17.5. The van der Waals surface area contributed by atoms with Crippen molar-refractivity contribution in [1.82, 2.24) is 9.88 Å². The Morgan fingerprint density at radius 3 is 2.72 bits per heavy atom. The number of fused-ring (bicyclic) bond motifs is 1. The first-order valence-corrected chi connectivity index (χ1v) is 8.76. The molecule has 128 valence electrons. The number of benzene rings is 1. The number of hydrogen-bond donors (Lipinski definition) is 0. The topological polar surface area (TPSA) is 45.6 Å². The van der Waals surface area contributed by atoms with E-state index >= 15 is 0 Å². The van der Waals surface area contributed by atoms with Gasteiger partial charge >= 0.3 is 0 Å². The minimum atomic E-state index is 0.0530. The molecule has 0 fully saturated rings. The molecule has 3 rings (SSSR count). The molecular formula is C20H20ClN3O. The molecule has 0 aliphatic heterocycles. The van der Waals surface area contributed by atoms with E-state index in [1.165, 1.54) is 0 Å². The van der Waals surface area contributed by atoms with Crippen LogP contribution in [0, 0.1) is 0 Å². The summed E-state index contributed by atoms with van der Waals surface area (Å²) < 4.78 is 0. The van der Waals surface area contributed by atoms with Crippen LogP contribution in [0.25, 0.3) is 10.9 Å².